The van der Waals surface area contributed by atoms with Crippen molar-refractivity contribution in [3.8, 4) is 0 Å². The Balaban J connectivity index is 1.88. The minimum absolute atomic E-state index is 0.0904. The number of hydrogen-bond donors (Lipinski definition) is 1. The SMILES string of the molecule is CC(NC(=O)c1ccc2c(Cl)cnc(Cl)c2c1)c1ccccc1. The van der Waals surface area contributed by atoms with Gasteiger partial charge in [0.2, 0.25) is 0 Å². The van der Waals surface area contributed by atoms with E-state index in [4.69, 9.17) is 23.2 Å². The van der Waals surface area contributed by atoms with Crippen LogP contribution in [-0.2, 0) is 0 Å². The molecular formula is C18H14Cl2N2O. The molecule has 3 rings (SSSR count). The first-order chi connectivity index (χ1) is 11.1. The number of amides is 1. The lowest BCUT2D eigenvalue weighted by Crippen LogP contribution is -2.26. The molecule has 5 heteroatoms. The van der Waals surface area contributed by atoms with E-state index in [1.807, 2.05) is 37.3 Å². The van der Waals surface area contributed by atoms with Gasteiger partial charge in [-0.1, -0.05) is 59.6 Å². The molecule has 0 saturated carbocycles. The van der Waals surface area contributed by atoms with Gasteiger partial charge in [-0.25, -0.2) is 4.98 Å². The van der Waals surface area contributed by atoms with Crippen molar-refractivity contribution in [2.24, 2.45) is 0 Å². The fourth-order valence-corrected chi connectivity index (χ4v) is 2.84. The molecule has 1 amide bonds. The summed E-state index contributed by atoms with van der Waals surface area (Å²) in [5, 5.41) is 5.26. The van der Waals surface area contributed by atoms with Crippen molar-refractivity contribution in [3.63, 3.8) is 0 Å². The Hall–Kier alpha value is -2.10. The van der Waals surface area contributed by atoms with E-state index in [1.54, 1.807) is 18.2 Å². The van der Waals surface area contributed by atoms with Gasteiger partial charge in [-0.05, 0) is 24.6 Å². The maximum Gasteiger partial charge on any atom is 0.251 e. The fraction of sp³-hybridized carbons (Fsp3) is 0.111. The Morgan fingerprint density at radius 1 is 1.09 bits per heavy atom. The molecule has 1 heterocycles. The zero-order valence-electron chi connectivity index (χ0n) is 12.4. The third kappa shape index (κ3) is 3.31. The molecule has 3 aromatic rings. The molecule has 0 bridgehead atoms. The van der Waals surface area contributed by atoms with Gasteiger partial charge in [0.25, 0.3) is 5.91 Å². The van der Waals surface area contributed by atoms with Crippen LogP contribution < -0.4 is 5.32 Å². The number of carbonyl (C=O) groups is 1. The summed E-state index contributed by atoms with van der Waals surface area (Å²) in [6, 6.07) is 14.9. The topological polar surface area (TPSA) is 42.0 Å². The molecule has 3 nitrogen and oxygen atoms in total. The van der Waals surface area contributed by atoms with Crippen LogP contribution >= 0.6 is 23.2 Å². The van der Waals surface area contributed by atoms with Gasteiger partial charge in [-0.2, -0.15) is 0 Å². The highest BCUT2D eigenvalue weighted by Crippen LogP contribution is 2.28. The van der Waals surface area contributed by atoms with Crippen LogP contribution in [0.25, 0.3) is 10.8 Å². The Bertz CT molecular complexity index is 866. The van der Waals surface area contributed by atoms with Gasteiger partial charge in [0.15, 0.2) is 0 Å². The Morgan fingerprint density at radius 3 is 2.57 bits per heavy atom. The number of fused-ring (bicyclic) bond motifs is 1. The van der Waals surface area contributed by atoms with Crippen molar-refractivity contribution in [1.29, 1.82) is 0 Å². The zero-order chi connectivity index (χ0) is 16.4. The molecule has 0 fully saturated rings. The van der Waals surface area contributed by atoms with Crippen molar-refractivity contribution in [2.75, 3.05) is 0 Å². The van der Waals surface area contributed by atoms with Crippen LogP contribution in [0.15, 0.2) is 54.7 Å². The number of halogens is 2. The van der Waals surface area contributed by atoms with Gasteiger partial charge in [-0.15, -0.1) is 0 Å². The predicted octanol–water partition coefficient (Wildman–Crippen LogP) is 5.03. The molecule has 1 aromatic heterocycles. The van der Waals surface area contributed by atoms with E-state index in [0.717, 1.165) is 10.9 Å². The number of carbonyl (C=O) groups excluding carboxylic acids is 1. The molecule has 1 N–H and O–H groups in total. The molecule has 1 atom stereocenters. The maximum atomic E-state index is 12.5. The average molecular weight is 345 g/mol. The summed E-state index contributed by atoms with van der Waals surface area (Å²) in [6.07, 6.45) is 1.50. The summed E-state index contributed by atoms with van der Waals surface area (Å²) in [4.78, 5) is 16.5. The molecule has 0 spiro atoms. The van der Waals surface area contributed by atoms with Crippen LogP contribution in [0.4, 0.5) is 0 Å². The molecule has 0 saturated heterocycles. The maximum absolute atomic E-state index is 12.5. The smallest absolute Gasteiger partial charge is 0.251 e. The number of rotatable bonds is 3. The predicted molar refractivity (Wildman–Crippen MR) is 94.1 cm³/mol. The van der Waals surface area contributed by atoms with Gasteiger partial charge in [0.1, 0.15) is 5.15 Å². The van der Waals surface area contributed by atoms with E-state index in [-0.39, 0.29) is 11.9 Å². The average Bonchev–Trinajstić information content (AvgIpc) is 2.58. The number of pyridine rings is 1. The summed E-state index contributed by atoms with van der Waals surface area (Å²) < 4.78 is 0. The third-order valence-corrected chi connectivity index (χ3v) is 4.30. The molecule has 2 aromatic carbocycles. The Morgan fingerprint density at radius 2 is 1.83 bits per heavy atom. The van der Waals surface area contributed by atoms with Crippen molar-refractivity contribution in [3.05, 3.63) is 76.0 Å². The molecule has 0 aliphatic rings. The lowest BCUT2D eigenvalue weighted by atomic mass is 10.1. The molecule has 0 aliphatic heterocycles. The first-order valence-corrected chi connectivity index (χ1v) is 7.91. The second-order valence-corrected chi connectivity index (χ2v) is 6.03. The monoisotopic (exact) mass is 344 g/mol. The van der Waals surface area contributed by atoms with Crippen molar-refractivity contribution < 1.29 is 4.79 Å². The van der Waals surface area contributed by atoms with Crippen LogP contribution in [0.2, 0.25) is 10.2 Å². The van der Waals surface area contributed by atoms with Gasteiger partial charge in [-0.3, -0.25) is 4.79 Å². The highest BCUT2D eigenvalue weighted by molar-refractivity contribution is 6.39. The van der Waals surface area contributed by atoms with Crippen molar-refractivity contribution in [1.82, 2.24) is 10.3 Å². The highest BCUT2D eigenvalue weighted by atomic mass is 35.5. The Kier molecular flexibility index (Phi) is 4.51. The molecule has 116 valence electrons. The van der Waals surface area contributed by atoms with Crippen molar-refractivity contribution >= 4 is 39.9 Å². The van der Waals surface area contributed by atoms with Gasteiger partial charge < -0.3 is 5.32 Å². The summed E-state index contributed by atoms with van der Waals surface area (Å²) >= 11 is 12.2. The minimum atomic E-state index is -0.167. The number of aromatic nitrogens is 1. The normalized spacial score (nSPS) is 12.1. The minimum Gasteiger partial charge on any atom is -0.346 e. The van der Waals surface area contributed by atoms with Crippen LogP contribution in [0.3, 0.4) is 0 Å². The van der Waals surface area contributed by atoms with Crippen LogP contribution in [-0.4, -0.2) is 10.9 Å². The van der Waals surface area contributed by atoms with Crippen LogP contribution in [0.5, 0.6) is 0 Å². The molecule has 23 heavy (non-hydrogen) atoms. The summed E-state index contributed by atoms with van der Waals surface area (Å²) in [6.45, 7) is 1.94. The number of nitrogens with zero attached hydrogens (tertiary/aromatic N) is 1. The second kappa shape index (κ2) is 6.57. The molecule has 0 radical (unpaired) electrons. The van der Waals surface area contributed by atoms with Gasteiger partial charge in [0, 0.05) is 22.5 Å². The first-order valence-electron chi connectivity index (χ1n) is 7.16. The standard InChI is InChI=1S/C18H14Cl2N2O/c1-11(12-5-3-2-4-6-12)22-18(23)13-7-8-14-15(9-13)17(20)21-10-16(14)19/h2-11H,1H3,(H,22,23). The lowest BCUT2D eigenvalue weighted by Gasteiger charge is -2.14. The third-order valence-electron chi connectivity index (χ3n) is 3.70. The number of hydrogen-bond acceptors (Lipinski definition) is 2. The first kappa shape index (κ1) is 15.8. The summed E-state index contributed by atoms with van der Waals surface area (Å²) in [5.41, 5.74) is 1.57. The van der Waals surface area contributed by atoms with E-state index in [0.29, 0.717) is 21.1 Å². The van der Waals surface area contributed by atoms with Crippen LogP contribution in [0, 0.1) is 0 Å². The molecular weight excluding hydrogens is 331 g/mol. The number of benzene rings is 2. The van der Waals surface area contributed by atoms with E-state index in [1.165, 1.54) is 6.20 Å². The van der Waals surface area contributed by atoms with E-state index < -0.39 is 0 Å². The quantitative estimate of drug-likeness (QED) is 0.676. The zero-order valence-corrected chi connectivity index (χ0v) is 13.9. The van der Waals surface area contributed by atoms with Crippen LogP contribution in [0.1, 0.15) is 28.9 Å². The molecule has 1 unspecified atom stereocenters. The molecule has 0 aliphatic carbocycles. The highest BCUT2D eigenvalue weighted by Gasteiger charge is 2.13. The van der Waals surface area contributed by atoms with E-state index in [9.17, 15) is 4.79 Å². The lowest BCUT2D eigenvalue weighted by molar-refractivity contribution is 0.0940. The van der Waals surface area contributed by atoms with E-state index in [2.05, 4.69) is 10.3 Å². The van der Waals surface area contributed by atoms with Gasteiger partial charge >= 0.3 is 0 Å². The summed E-state index contributed by atoms with van der Waals surface area (Å²) in [7, 11) is 0. The van der Waals surface area contributed by atoms with Gasteiger partial charge in [0.05, 0.1) is 11.1 Å². The Labute approximate surface area is 144 Å². The van der Waals surface area contributed by atoms with E-state index >= 15 is 0 Å². The van der Waals surface area contributed by atoms with Crippen molar-refractivity contribution in [2.45, 2.75) is 13.0 Å². The largest absolute Gasteiger partial charge is 0.346 e. The summed E-state index contributed by atoms with van der Waals surface area (Å²) in [5.74, 6) is -0.167. The number of nitrogens with one attached hydrogen (secondary N) is 1. The fourth-order valence-electron chi connectivity index (χ4n) is 2.42. The second-order valence-electron chi connectivity index (χ2n) is 5.26.